The first-order valence-electron chi connectivity index (χ1n) is 42.1. The standard InChI is InChI=1S/C104H106N12O8/c1-97(2,3)65-45-61(46-66(53-65)98(4,5)6)81-77-41-42-78(105-77)82(62-47-67(99(7,8)9)54-68(48-62)100(10,11)12)91-95-96(110-88(60-31-39-76(40-32-60)116(123)124)87(109-95)59-29-37-75(38-30-59)115(121)122)92(112-91)84(64-51-71(103(19,20)21)56-72(52-64)104(22,23)24)80-44-43-79(106-80)83(63-49-69(101(13,14)15)55-70(50-63)102(16,17)18)90-94-93(89(81)111-90)107-85(57-25-33-73(34-26-57)113(117)118)86(108-94)58-27-35-74(36-28-58)114(119)120/h25-56,105-106H,1-24H3. The van der Waals surface area contributed by atoms with E-state index >= 15 is 0 Å². The number of aromatic amines is 2. The average molecular weight is 1650 g/mol. The number of benzene rings is 8. The zero-order valence-corrected chi connectivity index (χ0v) is 75.2. The second kappa shape index (κ2) is 30.3. The Bertz CT molecular complexity index is 5840. The predicted molar refractivity (Wildman–Crippen MR) is 501 cm³/mol. The van der Waals surface area contributed by atoms with Gasteiger partial charge < -0.3 is 9.97 Å². The quantitative estimate of drug-likeness (QED) is 0.0850. The third-order valence-corrected chi connectivity index (χ3v) is 23.8. The fourth-order valence-electron chi connectivity index (χ4n) is 16.0. The molecule has 124 heavy (non-hydrogen) atoms. The molecule has 0 saturated heterocycles. The molecule has 0 fully saturated rings. The summed E-state index contributed by atoms with van der Waals surface area (Å²) in [7, 11) is 0. The van der Waals surface area contributed by atoms with Gasteiger partial charge in [0.25, 0.3) is 22.7 Å². The van der Waals surface area contributed by atoms with Gasteiger partial charge in [0, 0.05) is 115 Å². The summed E-state index contributed by atoms with van der Waals surface area (Å²) in [6, 6.07) is 60.2. The van der Waals surface area contributed by atoms with Crippen molar-refractivity contribution in [2.24, 2.45) is 0 Å². The lowest BCUT2D eigenvalue weighted by molar-refractivity contribution is -0.385. The number of rotatable bonds is 12. The molecule has 13 aromatic rings. The van der Waals surface area contributed by atoms with Gasteiger partial charge in [-0.15, -0.1) is 0 Å². The Kier molecular flexibility index (Phi) is 20.9. The molecule has 15 rings (SSSR count). The number of hydrogen-bond donors (Lipinski definition) is 2. The number of aromatic nitrogens is 8. The number of fused-ring (bicyclic) bond motifs is 14. The van der Waals surface area contributed by atoms with E-state index in [0.29, 0.717) is 135 Å². The van der Waals surface area contributed by atoms with E-state index in [1.807, 2.05) is 0 Å². The van der Waals surface area contributed by atoms with Gasteiger partial charge in [-0.2, -0.15) is 0 Å². The Morgan fingerprint density at radius 2 is 0.339 bits per heavy atom. The summed E-state index contributed by atoms with van der Waals surface area (Å²) < 4.78 is 0. The Labute approximate surface area is 723 Å². The molecule has 5 aromatic heterocycles. The molecule has 7 heterocycles. The average Bonchev–Trinajstić information content (AvgIpc) is 1.56. The Morgan fingerprint density at radius 3 is 0.476 bits per heavy atom. The van der Waals surface area contributed by atoms with Gasteiger partial charge in [0.05, 0.1) is 42.5 Å². The topological polar surface area (TPSA) is 281 Å². The van der Waals surface area contributed by atoms with E-state index in [1.165, 1.54) is 48.5 Å². The molecule has 8 bridgehead atoms. The van der Waals surface area contributed by atoms with Gasteiger partial charge in [0.15, 0.2) is 0 Å². The van der Waals surface area contributed by atoms with Crippen LogP contribution in [0.15, 0.2) is 194 Å². The predicted octanol–water partition coefficient (Wildman–Crippen LogP) is 27.9. The summed E-state index contributed by atoms with van der Waals surface area (Å²) >= 11 is 0. The van der Waals surface area contributed by atoms with Crippen LogP contribution in [0.5, 0.6) is 0 Å². The van der Waals surface area contributed by atoms with Crippen LogP contribution in [0.25, 0.3) is 157 Å². The first-order chi connectivity index (χ1) is 57.8. The van der Waals surface area contributed by atoms with Crippen molar-refractivity contribution in [3.8, 4) is 135 Å². The van der Waals surface area contributed by atoms with Gasteiger partial charge in [-0.1, -0.05) is 239 Å². The fraction of sp³-hybridized carbons (Fsp3) is 0.308. The fourth-order valence-corrected chi connectivity index (χ4v) is 16.0. The molecule has 0 radical (unpaired) electrons. The molecule has 2 aliphatic rings. The van der Waals surface area contributed by atoms with Crippen molar-refractivity contribution in [3.63, 3.8) is 0 Å². The normalized spacial score (nSPS) is 12.8. The van der Waals surface area contributed by atoms with E-state index in [9.17, 15) is 40.5 Å². The van der Waals surface area contributed by atoms with Gasteiger partial charge >= 0.3 is 0 Å². The lowest BCUT2D eigenvalue weighted by Gasteiger charge is -2.26. The monoisotopic (exact) mass is 1650 g/mol. The van der Waals surface area contributed by atoms with E-state index in [-0.39, 0.29) is 22.7 Å². The number of nitro groups is 4. The molecule has 20 heteroatoms. The highest BCUT2D eigenvalue weighted by Gasteiger charge is 2.38. The summed E-state index contributed by atoms with van der Waals surface area (Å²) in [5, 5.41) is 50.4. The number of hydrogen-bond acceptors (Lipinski definition) is 14. The Morgan fingerprint density at radius 1 is 0.194 bits per heavy atom. The number of non-ortho nitro benzene ring substituents is 4. The summed E-state index contributed by atoms with van der Waals surface area (Å²) in [4.78, 5) is 93.1. The van der Waals surface area contributed by atoms with Crippen LogP contribution in [0, 0.1) is 40.5 Å². The summed E-state index contributed by atoms with van der Waals surface area (Å²) in [6.45, 7) is 52.9. The minimum atomic E-state index is -0.447. The third kappa shape index (κ3) is 16.4. The minimum absolute atomic E-state index is 0.141. The lowest BCUT2D eigenvalue weighted by atomic mass is 9.78. The lowest BCUT2D eigenvalue weighted by Crippen LogP contribution is -2.16. The molecule has 630 valence electrons. The van der Waals surface area contributed by atoms with Gasteiger partial charge in [0.2, 0.25) is 0 Å². The molecule has 2 N–H and O–H groups in total. The number of nitrogens with zero attached hydrogens (tertiary/aromatic N) is 10. The van der Waals surface area contributed by atoms with Crippen molar-refractivity contribution >= 4 is 44.8 Å². The summed E-state index contributed by atoms with van der Waals surface area (Å²) in [6.07, 6.45) is 0. The molecule has 0 aliphatic carbocycles. The summed E-state index contributed by atoms with van der Waals surface area (Å²) in [5.41, 5.74) is 19.0. The second-order valence-corrected chi connectivity index (χ2v) is 41.3. The minimum Gasteiger partial charge on any atom is -0.354 e. The van der Waals surface area contributed by atoms with Crippen molar-refractivity contribution in [2.75, 3.05) is 0 Å². The highest BCUT2D eigenvalue weighted by atomic mass is 16.6. The molecule has 0 saturated carbocycles. The van der Waals surface area contributed by atoms with Gasteiger partial charge in [0.1, 0.15) is 45.6 Å². The van der Waals surface area contributed by atoms with Crippen LogP contribution in [-0.4, -0.2) is 59.6 Å². The zero-order chi connectivity index (χ0) is 89.7. The van der Waals surface area contributed by atoms with Crippen molar-refractivity contribution < 1.29 is 19.7 Å². The van der Waals surface area contributed by atoms with Crippen molar-refractivity contribution in [2.45, 2.75) is 209 Å². The summed E-state index contributed by atoms with van der Waals surface area (Å²) in [5.74, 6) is 0. The van der Waals surface area contributed by atoms with Gasteiger partial charge in [-0.3, -0.25) is 40.5 Å². The highest BCUT2D eigenvalue weighted by molar-refractivity contribution is 6.07. The molecular weight excluding hydrogens is 1550 g/mol. The molecule has 0 spiro atoms. The molecule has 0 amide bonds. The van der Waals surface area contributed by atoms with Crippen LogP contribution in [-0.2, 0) is 43.3 Å². The molecule has 8 aromatic carbocycles. The van der Waals surface area contributed by atoms with E-state index in [2.05, 4.69) is 273 Å². The van der Waals surface area contributed by atoms with Crippen LogP contribution in [0.3, 0.4) is 0 Å². The molecular formula is C104H106N12O8. The first-order valence-corrected chi connectivity index (χ1v) is 42.1. The first kappa shape index (κ1) is 85.6. The van der Waals surface area contributed by atoms with E-state index in [1.54, 1.807) is 48.5 Å². The van der Waals surface area contributed by atoms with E-state index in [4.69, 9.17) is 29.9 Å². The maximum absolute atomic E-state index is 12.6. The van der Waals surface area contributed by atoms with Gasteiger partial charge in [-0.25, -0.2) is 29.9 Å². The largest absolute Gasteiger partial charge is 0.354 e. The highest BCUT2D eigenvalue weighted by Crippen LogP contribution is 2.54. The van der Waals surface area contributed by atoms with Gasteiger partial charge in [-0.05, 0) is 183 Å². The van der Waals surface area contributed by atoms with E-state index in [0.717, 1.165) is 66.8 Å². The van der Waals surface area contributed by atoms with Crippen molar-refractivity contribution in [1.29, 1.82) is 0 Å². The Balaban J connectivity index is 1.28. The number of H-pyrrole nitrogens is 2. The molecule has 0 unspecified atom stereocenters. The van der Waals surface area contributed by atoms with Crippen molar-refractivity contribution in [1.82, 2.24) is 39.9 Å². The molecule has 0 atom stereocenters. The smallest absolute Gasteiger partial charge is 0.269 e. The second-order valence-electron chi connectivity index (χ2n) is 41.3. The number of nitrogens with one attached hydrogen (secondary N) is 2. The van der Waals surface area contributed by atoms with Crippen LogP contribution < -0.4 is 0 Å². The SMILES string of the molecule is CC(C)(C)c1cc(-c2c3nc(c(-c4cc(C(C)(C)C)cc(C(C)(C)C)c4)c4ccc([nH]4)c(-c4cc(C(C)(C)C)cc(C(C)(C)C)c4)c4nc(c(-c5cc(C(C)(C)C)cc(C(C)(C)C)c5)c5ccc2[nH]5)-c2nc(-c5ccc([N+](=O)[O-])cc5)c(-c5ccc([N+](=O)[O-])cc5)nc2-4)-c2nc(-c4ccc([N+](=O)[O-])cc4)c(-c4ccc([N+](=O)[O-])cc4)nc2-3)cc(C(C)(C)C)c1. The van der Waals surface area contributed by atoms with E-state index < -0.39 is 63.0 Å². The number of nitro benzene ring substituents is 4. The zero-order valence-electron chi connectivity index (χ0n) is 75.2. The van der Waals surface area contributed by atoms with Crippen LogP contribution in [0.4, 0.5) is 22.7 Å². The molecule has 2 aliphatic heterocycles. The Hall–Kier alpha value is -13.4. The van der Waals surface area contributed by atoms with Crippen LogP contribution in [0.1, 0.15) is 211 Å². The van der Waals surface area contributed by atoms with Crippen LogP contribution >= 0.6 is 0 Å². The molecule has 20 nitrogen and oxygen atoms in total. The van der Waals surface area contributed by atoms with Crippen LogP contribution in [0.2, 0.25) is 0 Å². The van der Waals surface area contributed by atoms with Crippen molar-refractivity contribution in [3.05, 3.63) is 279 Å². The maximum Gasteiger partial charge on any atom is 0.269 e. The maximum atomic E-state index is 12.6. The third-order valence-electron chi connectivity index (χ3n) is 23.8.